The van der Waals surface area contributed by atoms with Crippen molar-refractivity contribution in [2.75, 3.05) is 12.4 Å². The lowest BCUT2D eigenvalue weighted by atomic mass is 10.1. The zero-order valence-corrected chi connectivity index (χ0v) is 9.66. The molecule has 4 atom stereocenters. The largest absolute Gasteiger partial charge is 0.394 e. The van der Waals surface area contributed by atoms with Crippen LogP contribution in [0.4, 0.5) is 0 Å². The molecule has 1 saturated heterocycles. The second kappa shape index (κ2) is 5.69. The monoisotopic (exact) mass is 235 g/mol. The van der Waals surface area contributed by atoms with E-state index in [9.17, 15) is 9.90 Å². The molecule has 0 saturated carbocycles. The number of aliphatic hydroxyl groups excluding tert-OH is 2. The predicted octanol–water partition coefficient (Wildman–Crippen LogP) is -0.678. The number of hydrogen-bond acceptors (Lipinski definition) is 5. The number of thioether (sulfide) groups is 1. The fourth-order valence-electron chi connectivity index (χ4n) is 1.58. The van der Waals surface area contributed by atoms with Crippen LogP contribution in [0.15, 0.2) is 0 Å². The average Bonchev–Trinajstić information content (AvgIpc) is 2.46. The van der Waals surface area contributed by atoms with Crippen LogP contribution in [0.3, 0.4) is 0 Å². The maximum absolute atomic E-state index is 10.9. The summed E-state index contributed by atoms with van der Waals surface area (Å²) in [7, 11) is 0. The molecular formula is C9H17NO4S. The molecule has 0 unspecified atom stereocenters. The molecule has 15 heavy (non-hydrogen) atoms. The molecule has 1 rings (SSSR count). The average molecular weight is 235 g/mol. The summed E-state index contributed by atoms with van der Waals surface area (Å²) in [5, 5.41) is 21.4. The number of rotatable bonds is 4. The SMILES string of the molecule is CCS[C@H]1O[C@H](CO)[C@H](O)[C@H]1NC(C)=O. The number of nitrogens with one attached hydrogen (secondary N) is 1. The minimum absolute atomic E-state index is 0.206. The number of aliphatic hydroxyl groups is 2. The van der Waals surface area contributed by atoms with Crippen molar-refractivity contribution in [2.45, 2.75) is 37.5 Å². The third-order valence-corrected chi connectivity index (χ3v) is 3.30. The van der Waals surface area contributed by atoms with Crippen LogP contribution in [0.1, 0.15) is 13.8 Å². The topological polar surface area (TPSA) is 78.8 Å². The van der Waals surface area contributed by atoms with Crippen LogP contribution in [0.2, 0.25) is 0 Å². The highest BCUT2D eigenvalue weighted by Crippen LogP contribution is 2.29. The molecule has 0 aromatic rings. The van der Waals surface area contributed by atoms with Gasteiger partial charge in [0.2, 0.25) is 5.91 Å². The number of ether oxygens (including phenoxy) is 1. The fraction of sp³-hybridized carbons (Fsp3) is 0.889. The van der Waals surface area contributed by atoms with Gasteiger partial charge in [-0.3, -0.25) is 4.79 Å². The Balaban J connectivity index is 2.64. The first-order valence-electron chi connectivity index (χ1n) is 4.93. The predicted molar refractivity (Wildman–Crippen MR) is 57.5 cm³/mol. The molecule has 0 aromatic heterocycles. The van der Waals surface area contributed by atoms with E-state index in [0.717, 1.165) is 5.75 Å². The quantitative estimate of drug-likeness (QED) is 0.602. The van der Waals surface area contributed by atoms with Crippen molar-refractivity contribution in [3.05, 3.63) is 0 Å². The van der Waals surface area contributed by atoms with Crippen LogP contribution in [-0.2, 0) is 9.53 Å². The minimum Gasteiger partial charge on any atom is -0.394 e. The van der Waals surface area contributed by atoms with Gasteiger partial charge in [0, 0.05) is 6.92 Å². The molecule has 88 valence electrons. The molecule has 1 amide bonds. The first kappa shape index (κ1) is 12.8. The summed E-state index contributed by atoms with van der Waals surface area (Å²) in [6.45, 7) is 3.13. The summed E-state index contributed by atoms with van der Waals surface area (Å²) < 4.78 is 5.42. The molecular weight excluding hydrogens is 218 g/mol. The summed E-state index contributed by atoms with van der Waals surface area (Å²) in [5.74, 6) is 0.619. The number of carbonyl (C=O) groups excluding carboxylic acids is 1. The molecule has 0 aliphatic carbocycles. The Morgan fingerprint density at radius 3 is 2.73 bits per heavy atom. The van der Waals surface area contributed by atoms with Gasteiger partial charge in [0.25, 0.3) is 0 Å². The van der Waals surface area contributed by atoms with Gasteiger partial charge >= 0.3 is 0 Å². The maximum Gasteiger partial charge on any atom is 0.217 e. The van der Waals surface area contributed by atoms with E-state index in [2.05, 4.69) is 5.32 Å². The molecule has 6 heteroatoms. The second-order valence-corrected chi connectivity index (χ2v) is 4.77. The minimum atomic E-state index is -0.844. The van der Waals surface area contributed by atoms with Crippen molar-refractivity contribution in [3.63, 3.8) is 0 Å². The van der Waals surface area contributed by atoms with E-state index < -0.39 is 18.2 Å². The van der Waals surface area contributed by atoms with Crippen LogP contribution in [0, 0.1) is 0 Å². The van der Waals surface area contributed by atoms with E-state index in [0.29, 0.717) is 0 Å². The summed E-state index contributed by atoms with van der Waals surface area (Å²) in [6.07, 6.45) is -1.45. The summed E-state index contributed by atoms with van der Waals surface area (Å²) in [4.78, 5) is 10.9. The highest BCUT2D eigenvalue weighted by molar-refractivity contribution is 7.99. The van der Waals surface area contributed by atoms with Gasteiger partial charge in [-0.05, 0) is 5.75 Å². The zero-order valence-electron chi connectivity index (χ0n) is 8.84. The Morgan fingerprint density at radius 1 is 1.60 bits per heavy atom. The molecule has 1 aliphatic heterocycles. The number of hydrogen-bond donors (Lipinski definition) is 3. The summed E-state index contributed by atoms with van der Waals surface area (Å²) >= 11 is 1.50. The molecule has 5 nitrogen and oxygen atoms in total. The standard InChI is InChI=1S/C9H17NO4S/c1-3-15-9-7(10-5(2)12)8(13)6(4-11)14-9/h6-9,11,13H,3-4H2,1-2H3,(H,10,12)/t6-,7-,8+,9-/m1/s1. The van der Waals surface area contributed by atoms with Crippen molar-refractivity contribution in [2.24, 2.45) is 0 Å². The van der Waals surface area contributed by atoms with Crippen molar-refractivity contribution in [3.8, 4) is 0 Å². The van der Waals surface area contributed by atoms with E-state index >= 15 is 0 Å². The Labute approximate surface area is 93.2 Å². The van der Waals surface area contributed by atoms with Crippen LogP contribution < -0.4 is 5.32 Å². The van der Waals surface area contributed by atoms with Gasteiger partial charge in [0.05, 0.1) is 12.6 Å². The van der Waals surface area contributed by atoms with E-state index in [1.165, 1.54) is 18.7 Å². The van der Waals surface area contributed by atoms with Gasteiger partial charge in [-0.2, -0.15) is 0 Å². The smallest absolute Gasteiger partial charge is 0.217 e. The summed E-state index contributed by atoms with van der Waals surface area (Å²) in [6, 6.07) is -0.440. The highest BCUT2D eigenvalue weighted by Gasteiger charge is 2.43. The van der Waals surface area contributed by atoms with Crippen LogP contribution in [0.25, 0.3) is 0 Å². The number of amides is 1. The van der Waals surface area contributed by atoms with Crippen molar-refractivity contribution < 1.29 is 19.7 Å². The summed E-state index contributed by atoms with van der Waals surface area (Å²) in [5.41, 5.74) is -0.286. The zero-order chi connectivity index (χ0) is 11.4. The molecule has 1 heterocycles. The van der Waals surface area contributed by atoms with Gasteiger partial charge in [-0.25, -0.2) is 0 Å². The highest BCUT2D eigenvalue weighted by atomic mass is 32.2. The molecule has 0 spiro atoms. The normalized spacial score (nSPS) is 35.5. The Kier molecular flexibility index (Phi) is 4.85. The van der Waals surface area contributed by atoms with Gasteiger partial charge < -0.3 is 20.3 Å². The molecule has 0 bridgehead atoms. The van der Waals surface area contributed by atoms with Crippen molar-refractivity contribution >= 4 is 17.7 Å². The first-order chi connectivity index (χ1) is 7.10. The maximum atomic E-state index is 10.9. The third kappa shape index (κ3) is 3.07. The third-order valence-electron chi connectivity index (χ3n) is 2.23. The second-order valence-electron chi connectivity index (χ2n) is 3.40. The Bertz CT molecular complexity index is 226. The van der Waals surface area contributed by atoms with Gasteiger partial charge in [0.1, 0.15) is 17.6 Å². The van der Waals surface area contributed by atoms with Crippen LogP contribution in [-0.4, -0.2) is 52.2 Å². The molecule has 1 fully saturated rings. The van der Waals surface area contributed by atoms with Crippen LogP contribution in [0.5, 0.6) is 0 Å². The van der Waals surface area contributed by atoms with Crippen molar-refractivity contribution in [1.29, 1.82) is 0 Å². The lowest BCUT2D eigenvalue weighted by Crippen LogP contribution is -2.46. The van der Waals surface area contributed by atoms with E-state index in [1.807, 2.05) is 6.92 Å². The Hall–Kier alpha value is -0.300. The number of carbonyl (C=O) groups is 1. The van der Waals surface area contributed by atoms with E-state index in [1.54, 1.807) is 0 Å². The van der Waals surface area contributed by atoms with Crippen molar-refractivity contribution in [1.82, 2.24) is 5.32 Å². The fourth-order valence-corrected chi connectivity index (χ4v) is 2.56. The van der Waals surface area contributed by atoms with Gasteiger partial charge in [0.15, 0.2) is 0 Å². The molecule has 0 aromatic carbocycles. The lowest BCUT2D eigenvalue weighted by Gasteiger charge is -2.19. The van der Waals surface area contributed by atoms with Crippen LogP contribution >= 0.6 is 11.8 Å². The Morgan fingerprint density at radius 2 is 2.27 bits per heavy atom. The van der Waals surface area contributed by atoms with Gasteiger partial charge in [-0.1, -0.05) is 6.92 Å². The van der Waals surface area contributed by atoms with E-state index in [-0.39, 0.29) is 18.0 Å². The van der Waals surface area contributed by atoms with E-state index in [4.69, 9.17) is 9.84 Å². The lowest BCUT2D eigenvalue weighted by molar-refractivity contribution is -0.120. The molecule has 1 aliphatic rings. The molecule has 0 radical (unpaired) electrons. The van der Waals surface area contributed by atoms with Gasteiger partial charge in [-0.15, -0.1) is 11.8 Å². The first-order valence-corrected chi connectivity index (χ1v) is 5.98. The molecule has 3 N–H and O–H groups in total.